The van der Waals surface area contributed by atoms with Crippen molar-refractivity contribution in [1.29, 1.82) is 0 Å². The van der Waals surface area contributed by atoms with Crippen LogP contribution in [0.5, 0.6) is 0 Å². The predicted molar refractivity (Wildman–Crippen MR) is 79.3 cm³/mol. The number of ketones is 1. The average Bonchev–Trinajstić information content (AvgIpc) is 2.94. The van der Waals surface area contributed by atoms with E-state index in [0.29, 0.717) is 12.0 Å². The van der Waals surface area contributed by atoms with Gasteiger partial charge in [0, 0.05) is 17.7 Å². The Morgan fingerprint density at radius 2 is 1.71 bits per heavy atom. The van der Waals surface area contributed by atoms with Gasteiger partial charge in [-0.25, -0.2) is 4.79 Å². The minimum Gasteiger partial charge on any atom is -0.467 e. The van der Waals surface area contributed by atoms with Crippen molar-refractivity contribution in [3.8, 4) is 0 Å². The maximum absolute atomic E-state index is 12.9. The summed E-state index contributed by atoms with van der Waals surface area (Å²) in [4.78, 5) is 25.2. The number of hydrogen-bond acceptors (Lipinski definition) is 4. The Bertz CT molecular complexity index is 669. The molecule has 0 saturated heterocycles. The second-order valence-corrected chi connectivity index (χ2v) is 5.05. The smallest absolute Gasteiger partial charge is 0.340 e. The lowest BCUT2D eigenvalue weighted by Gasteiger charge is -2.25. The van der Waals surface area contributed by atoms with Gasteiger partial charge in [0.15, 0.2) is 5.78 Å². The molecular formula is C17H15NO3. The number of rotatable bonds is 3. The van der Waals surface area contributed by atoms with Gasteiger partial charge in [0.1, 0.15) is 0 Å². The van der Waals surface area contributed by atoms with Crippen LogP contribution < -0.4 is 5.32 Å². The molecule has 0 aliphatic carbocycles. The van der Waals surface area contributed by atoms with Crippen molar-refractivity contribution in [2.45, 2.75) is 12.0 Å². The van der Waals surface area contributed by atoms with Gasteiger partial charge in [0.25, 0.3) is 0 Å². The van der Waals surface area contributed by atoms with Gasteiger partial charge >= 0.3 is 5.97 Å². The molecule has 0 aromatic heterocycles. The molecule has 1 N–H and O–H groups in total. The number of nitrogens with one attached hydrogen (secondary N) is 1. The number of ether oxygens (including phenoxy) is 1. The fraction of sp³-hybridized carbons (Fsp3) is 0.176. The number of methoxy groups -OCH3 is 1. The molecule has 0 fully saturated rings. The van der Waals surface area contributed by atoms with E-state index < -0.39 is 11.5 Å². The standard InChI is InChI=1S/C17H15NO3/c1-21-16(20)17(15(19)12-7-3-2-4-8-12)11-13-9-5-6-10-14(13)18-17/h2-10,18H,11H2,1H3. The molecule has 1 unspecified atom stereocenters. The summed E-state index contributed by atoms with van der Waals surface area (Å²) in [7, 11) is 1.30. The molecule has 2 aromatic carbocycles. The van der Waals surface area contributed by atoms with Gasteiger partial charge in [-0.15, -0.1) is 0 Å². The first-order chi connectivity index (χ1) is 10.2. The number of esters is 1. The molecule has 0 bridgehead atoms. The number of hydrogen-bond donors (Lipinski definition) is 1. The van der Waals surface area contributed by atoms with E-state index >= 15 is 0 Å². The molecule has 1 atom stereocenters. The van der Waals surface area contributed by atoms with Gasteiger partial charge in [-0.05, 0) is 11.6 Å². The number of fused-ring (bicyclic) bond motifs is 1. The zero-order valence-electron chi connectivity index (χ0n) is 11.6. The van der Waals surface area contributed by atoms with Crippen LogP contribution in [0.25, 0.3) is 0 Å². The first kappa shape index (κ1) is 13.4. The minimum absolute atomic E-state index is 0.272. The van der Waals surface area contributed by atoms with Crippen LogP contribution in [-0.2, 0) is 16.0 Å². The van der Waals surface area contributed by atoms with Crippen molar-refractivity contribution in [3.63, 3.8) is 0 Å². The second kappa shape index (κ2) is 5.05. The van der Waals surface area contributed by atoms with Crippen LogP contribution in [0.2, 0.25) is 0 Å². The van der Waals surface area contributed by atoms with E-state index in [9.17, 15) is 9.59 Å². The number of Topliss-reactive ketones (excluding diaryl/α,β-unsaturated/α-hetero) is 1. The molecule has 3 rings (SSSR count). The van der Waals surface area contributed by atoms with Crippen LogP contribution in [0.15, 0.2) is 54.6 Å². The van der Waals surface area contributed by atoms with Gasteiger partial charge in [0.05, 0.1) is 7.11 Å². The van der Waals surface area contributed by atoms with Crippen LogP contribution in [0.4, 0.5) is 5.69 Å². The SMILES string of the molecule is COC(=O)C1(C(=O)c2ccccc2)Cc2ccccc2N1. The van der Waals surface area contributed by atoms with Crippen LogP contribution in [0.1, 0.15) is 15.9 Å². The number of carbonyl (C=O) groups excluding carboxylic acids is 2. The summed E-state index contributed by atoms with van der Waals surface area (Å²) in [5.74, 6) is -0.835. The largest absolute Gasteiger partial charge is 0.467 e. The van der Waals surface area contributed by atoms with E-state index in [0.717, 1.165) is 11.3 Å². The molecule has 0 amide bonds. The molecule has 21 heavy (non-hydrogen) atoms. The van der Waals surface area contributed by atoms with Crippen LogP contribution in [0, 0.1) is 0 Å². The molecule has 4 nitrogen and oxygen atoms in total. The predicted octanol–water partition coefficient (Wildman–Crippen LogP) is 2.45. The van der Waals surface area contributed by atoms with Crippen LogP contribution in [0.3, 0.4) is 0 Å². The Kier molecular flexibility index (Phi) is 3.22. The van der Waals surface area contributed by atoms with Crippen LogP contribution in [-0.4, -0.2) is 24.4 Å². The summed E-state index contributed by atoms with van der Waals surface area (Å²) in [6.07, 6.45) is 0.295. The van der Waals surface area contributed by atoms with Gasteiger partial charge in [0.2, 0.25) is 5.54 Å². The molecule has 4 heteroatoms. The van der Waals surface area contributed by atoms with E-state index in [2.05, 4.69) is 5.32 Å². The maximum Gasteiger partial charge on any atom is 0.340 e. The van der Waals surface area contributed by atoms with E-state index in [4.69, 9.17) is 4.74 Å². The lowest BCUT2D eigenvalue weighted by atomic mass is 9.86. The highest BCUT2D eigenvalue weighted by atomic mass is 16.5. The van der Waals surface area contributed by atoms with Gasteiger partial charge in [-0.1, -0.05) is 48.5 Å². The van der Waals surface area contributed by atoms with E-state index in [1.807, 2.05) is 30.3 Å². The molecule has 0 saturated carbocycles. The lowest BCUT2D eigenvalue weighted by molar-refractivity contribution is -0.144. The third kappa shape index (κ3) is 2.09. The summed E-state index contributed by atoms with van der Waals surface area (Å²) in [6.45, 7) is 0. The Labute approximate surface area is 122 Å². The highest BCUT2D eigenvalue weighted by Gasteiger charge is 2.51. The number of anilines is 1. The first-order valence-corrected chi connectivity index (χ1v) is 6.72. The molecule has 106 valence electrons. The van der Waals surface area contributed by atoms with Crippen molar-refractivity contribution >= 4 is 17.4 Å². The average molecular weight is 281 g/mol. The number of para-hydroxylation sites is 1. The Morgan fingerprint density at radius 3 is 2.38 bits per heavy atom. The normalized spacial score (nSPS) is 19.5. The molecule has 1 aliphatic rings. The second-order valence-electron chi connectivity index (χ2n) is 5.05. The fourth-order valence-corrected chi connectivity index (χ4v) is 2.72. The third-order valence-electron chi connectivity index (χ3n) is 3.78. The van der Waals surface area contributed by atoms with Gasteiger partial charge in [-0.2, -0.15) is 0 Å². The Hall–Kier alpha value is -2.62. The molecular weight excluding hydrogens is 266 g/mol. The summed E-state index contributed by atoms with van der Waals surface area (Å²) >= 11 is 0. The van der Waals surface area contributed by atoms with Crippen molar-refractivity contribution in [3.05, 3.63) is 65.7 Å². The summed E-state index contributed by atoms with van der Waals surface area (Å²) in [5.41, 5.74) is 0.849. The molecule has 1 aliphatic heterocycles. The zero-order chi connectivity index (χ0) is 14.9. The minimum atomic E-state index is -1.38. The number of benzene rings is 2. The van der Waals surface area contributed by atoms with Gasteiger partial charge < -0.3 is 10.1 Å². The summed E-state index contributed by atoms with van der Waals surface area (Å²) in [6, 6.07) is 16.3. The van der Waals surface area contributed by atoms with Crippen molar-refractivity contribution < 1.29 is 14.3 Å². The lowest BCUT2D eigenvalue weighted by Crippen LogP contribution is -2.53. The molecule has 1 heterocycles. The molecule has 0 spiro atoms. The molecule has 2 aromatic rings. The van der Waals surface area contributed by atoms with E-state index in [1.165, 1.54) is 7.11 Å². The highest BCUT2D eigenvalue weighted by molar-refractivity contribution is 6.19. The Balaban J connectivity index is 2.05. The van der Waals surface area contributed by atoms with E-state index in [-0.39, 0.29) is 5.78 Å². The van der Waals surface area contributed by atoms with Crippen molar-refractivity contribution in [2.24, 2.45) is 0 Å². The quantitative estimate of drug-likeness (QED) is 0.533. The van der Waals surface area contributed by atoms with Crippen LogP contribution >= 0.6 is 0 Å². The topological polar surface area (TPSA) is 55.4 Å². The summed E-state index contributed by atoms with van der Waals surface area (Å²) < 4.78 is 4.89. The Morgan fingerprint density at radius 1 is 1.05 bits per heavy atom. The van der Waals surface area contributed by atoms with E-state index in [1.54, 1.807) is 24.3 Å². The van der Waals surface area contributed by atoms with Gasteiger partial charge in [-0.3, -0.25) is 4.79 Å². The first-order valence-electron chi connectivity index (χ1n) is 6.72. The zero-order valence-corrected chi connectivity index (χ0v) is 11.6. The number of carbonyl (C=O) groups is 2. The third-order valence-corrected chi connectivity index (χ3v) is 3.78. The fourth-order valence-electron chi connectivity index (χ4n) is 2.72. The monoisotopic (exact) mass is 281 g/mol. The summed E-state index contributed by atoms with van der Waals surface area (Å²) in [5, 5.41) is 3.07. The molecule has 0 radical (unpaired) electrons. The maximum atomic E-state index is 12.9. The van der Waals surface area contributed by atoms with Crippen molar-refractivity contribution in [2.75, 3.05) is 12.4 Å². The highest BCUT2D eigenvalue weighted by Crippen LogP contribution is 2.35. The van der Waals surface area contributed by atoms with Crippen molar-refractivity contribution in [1.82, 2.24) is 0 Å².